The molecule has 4 aromatic carbocycles. The molecular weight excluding hydrogens is 1080 g/mol. The molecule has 0 aromatic heterocycles. The van der Waals surface area contributed by atoms with Crippen LogP contribution in [0.3, 0.4) is 0 Å². The number of aliphatic hydroxyl groups excluding tert-OH is 1. The summed E-state index contributed by atoms with van der Waals surface area (Å²) in [6, 6.07) is 15.1. The fourth-order valence-corrected chi connectivity index (χ4v) is 9.05. The molecule has 0 bridgehead atoms. The van der Waals surface area contributed by atoms with E-state index in [2.05, 4.69) is 26.3 Å². The van der Waals surface area contributed by atoms with Gasteiger partial charge in [-0.1, -0.05) is 241 Å². The lowest BCUT2D eigenvalue weighted by Crippen LogP contribution is -2.18. The molecule has 0 heterocycles. The van der Waals surface area contributed by atoms with Crippen molar-refractivity contribution in [1.29, 1.82) is 0 Å². The first kappa shape index (κ1) is 78.9. The van der Waals surface area contributed by atoms with E-state index < -0.39 is 23.9 Å². The van der Waals surface area contributed by atoms with Crippen molar-refractivity contribution in [2.24, 2.45) is 0 Å². The third-order valence-corrected chi connectivity index (χ3v) is 14.0. The molecular formula is C73H108O13. The number of hydrogen-bond donors (Lipinski definition) is 9. The highest BCUT2D eigenvalue weighted by atomic mass is 16.4. The van der Waals surface area contributed by atoms with Crippen molar-refractivity contribution in [3.63, 3.8) is 0 Å². The Bertz CT molecular complexity index is 2560. The van der Waals surface area contributed by atoms with E-state index in [1.54, 1.807) is 0 Å². The average molecular weight is 1190 g/mol. The number of aliphatic carboxylic acids is 4. The van der Waals surface area contributed by atoms with Crippen molar-refractivity contribution < 1.29 is 65.1 Å². The van der Waals surface area contributed by atoms with Gasteiger partial charge in [0, 0.05) is 55.1 Å². The fraction of sp³-hybridized carbons (Fsp3) is 0.507. The van der Waals surface area contributed by atoms with Gasteiger partial charge in [-0.25, -0.2) is 19.2 Å². The van der Waals surface area contributed by atoms with Crippen LogP contribution in [0.25, 0.3) is 0 Å². The summed E-state index contributed by atoms with van der Waals surface area (Å²) in [7, 11) is 1.00. The van der Waals surface area contributed by atoms with Crippen molar-refractivity contribution in [2.75, 3.05) is 7.11 Å². The normalized spacial score (nSPS) is 12.1. The zero-order chi connectivity index (χ0) is 68.3. The van der Waals surface area contributed by atoms with Crippen LogP contribution in [0.4, 0.5) is 0 Å². The number of phenols is 4. The van der Waals surface area contributed by atoms with Gasteiger partial charge < -0.3 is 46.0 Å². The van der Waals surface area contributed by atoms with Gasteiger partial charge in [0.15, 0.2) is 0 Å². The summed E-state index contributed by atoms with van der Waals surface area (Å²) in [4.78, 5) is 43.9. The Morgan fingerprint density at radius 2 is 0.360 bits per heavy atom. The summed E-state index contributed by atoms with van der Waals surface area (Å²) in [6.45, 7) is 63.1. The quantitative estimate of drug-likeness (QED) is 0.0600. The highest BCUT2D eigenvalue weighted by Gasteiger charge is 2.31. The molecule has 86 heavy (non-hydrogen) atoms. The molecule has 0 unspecified atom stereocenters. The second-order valence-corrected chi connectivity index (χ2v) is 30.5. The van der Waals surface area contributed by atoms with E-state index in [9.17, 15) is 39.6 Å². The number of carboxylic acids is 4. The highest BCUT2D eigenvalue weighted by Crippen LogP contribution is 2.44. The van der Waals surface area contributed by atoms with Crippen LogP contribution in [-0.2, 0) is 88.2 Å². The van der Waals surface area contributed by atoms with Gasteiger partial charge in [-0.15, -0.1) is 0 Å². The van der Waals surface area contributed by atoms with Crippen LogP contribution in [0.5, 0.6) is 23.0 Å². The van der Waals surface area contributed by atoms with Crippen molar-refractivity contribution in [2.45, 2.75) is 235 Å². The van der Waals surface area contributed by atoms with E-state index in [0.717, 1.165) is 73.9 Å². The monoisotopic (exact) mass is 1190 g/mol. The van der Waals surface area contributed by atoms with Gasteiger partial charge in [0.2, 0.25) is 0 Å². The molecule has 0 saturated heterocycles. The Morgan fingerprint density at radius 1 is 0.267 bits per heavy atom. The number of carboxylic acid groups (broad SMARTS) is 4. The highest BCUT2D eigenvalue weighted by molar-refractivity contribution is 5.88. The van der Waals surface area contributed by atoms with Gasteiger partial charge in [-0.2, -0.15) is 0 Å². The lowest BCUT2D eigenvalue weighted by molar-refractivity contribution is -0.133. The molecule has 0 aliphatic heterocycles. The van der Waals surface area contributed by atoms with Crippen molar-refractivity contribution in [3.05, 3.63) is 164 Å². The minimum atomic E-state index is -0.988. The molecule has 9 N–H and O–H groups in total. The smallest absolute Gasteiger partial charge is 0.331 e. The molecule has 0 aliphatic rings. The summed E-state index contributed by atoms with van der Waals surface area (Å²) in [5.74, 6) is -2.73. The fourth-order valence-electron chi connectivity index (χ4n) is 9.05. The average Bonchev–Trinajstić information content (AvgIpc) is 1.54. The Labute approximate surface area is 516 Å². The van der Waals surface area contributed by atoms with Gasteiger partial charge in [0.25, 0.3) is 0 Å². The van der Waals surface area contributed by atoms with Crippen LogP contribution < -0.4 is 0 Å². The summed E-state index contributed by atoms with van der Waals surface area (Å²) in [5, 5.41) is 85.4. The molecule has 0 aliphatic carbocycles. The lowest BCUT2D eigenvalue weighted by atomic mass is 9.78. The summed E-state index contributed by atoms with van der Waals surface area (Å²) >= 11 is 0. The maximum atomic E-state index is 11.0. The number of hydrogen-bond acceptors (Lipinski definition) is 9. The Balaban J connectivity index is 0.00000111. The van der Waals surface area contributed by atoms with E-state index >= 15 is 0 Å². The maximum absolute atomic E-state index is 11.0. The Hall–Kier alpha value is -7.12. The third kappa shape index (κ3) is 23.6. The Kier molecular flexibility index (Phi) is 27.1. The summed E-state index contributed by atoms with van der Waals surface area (Å²) < 4.78 is 0. The van der Waals surface area contributed by atoms with E-state index in [-0.39, 0.29) is 91.3 Å². The van der Waals surface area contributed by atoms with Gasteiger partial charge >= 0.3 is 23.9 Å². The van der Waals surface area contributed by atoms with Crippen LogP contribution in [-0.4, -0.2) is 76.9 Å². The number of phenolic OH excluding ortho intramolecular Hbond substituents is 4. The second kappa shape index (κ2) is 29.5. The van der Waals surface area contributed by atoms with E-state index in [1.807, 2.05) is 215 Å². The topological polar surface area (TPSA) is 250 Å². The molecule has 0 fully saturated rings. The van der Waals surface area contributed by atoms with Crippen LogP contribution in [0.15, 0.2) is 97.1 Å². The van der Waals surface area contributed by atoms with Gasteiger partial charge in [-0.3, -0.25) is 0 Å². The number of benzene rings is 4. The molecule has 0 spiro atoms. The number of carbonyl (C=O) groups is 4. The van der Waals surface area contributed by atoms with Crippen molar-refractivity contribution >= 4 is 23.9 Å². The van der Waals surface area contributed by atoms with Crippen LogP contribution in [0.1, 0.15) is 233 Å². The second-order valence-electron chi connectivity index (χ2n) is 30.5. The molecule has 13 nitrogen and oxygen atoms in total. The standard InChI is InChI=1S/4C18H26O3.CH4O/c4*1-11(16(20)21)8-12-9-13(17(2,3)4)15(19)14(10-12)18(5,6)7;1-2/h4*9-10,19H,1,8H2,2-7H3,(H,20,21);2H,1H3. The van der Waals surface area contributed by atoms with Crippen molar-refractivity contribution in [3.8, 4) is 23.0 Å². The predicted molar refractivity (Wildman–Crippen MR) is 352 cm³/mol. The summed E-state index contributed by atoms with van der Waals surface area (Å²) in [6.07, 6.45) is 1.12. The summed E-state index contributed by atoms with van der Waals surface area (Å²) in [5.41, 5.74) is 9.04. The van der Waals surface area contributed by atoms with E-state index in [4.69, 9.17) is 25.5 Å². The van der Waals surface area contributed by atoms with Gasteiger partial charge in [0.1, 0.15) is 23.0 Å². The molecule has 0 saturated carbocycles. The predicted octanol–water partition coefficient (Wildman–Crippen LogP) is 16.3. The number of aromatic hydroxyl groups is 4. The van der Waals surface area contributed by atoms with Gasteiger partial charge in [0.05, 0.1) is 0 Å². The van der Waals surface area contributed by atoms with E-state index in [1.165, 1.54) is 0 Å². The first-order valence-electron chi connectivity index (χ1n) is 28.9. The molecule has 0 atom stereocenters. The molecule has 478 valence electrons. The minimum Gasteiger partial charge on any atom is -0.507 e. The number of rotatable bonds is 12. The molecule has 0 amide bonds. The lowest BCUT2D eigenvalue weighted by Gasteiger charge is -2.28. The first-order valence-corrected chi connectivity index (χ1v) is 28.9. The van der Waals surface area contributed by atoms with Crippen LogP contribution >= 0.6 is 0 Å². The van der Waals surface area contributed by atoms with Crippen LogP contribution in [0.2, 0.25) is 0 Å². The minimum absolute atomic E-state index is 0.153. The first-order chi connectivity index (χ1) is 38.3. The molecule has 4 aromatic rings. The van der Waals surface area contributed by atoms with Gasteiger partial charge in [-0.05, 0) is 110 Å². The molecule has 4 rings (SSSR count). The molecule has 13 heteroatoms. The number of aliphatic hydroxyl groups is 1. The SMILES string of the molecule is C=C(Cc1cc(C(C)(C)C)c(O)c(C(C)(C)C)c1)C(=O)O.C=C(Cc1cc(C(C)(C)C)c(O)c(C(C)(C)C)c1)C(=O)O.C=C(Cc1cc(C(C)(C)C)c(O)c(C(C)(C)C)c1)C(=O)O.C=C(Cc1cc(C(C)(C)C)c(O)c(C(C)(C)C)c1)C(=O)O.CO. The zero-order valence-electron chi connectivity index (χ0n) is 56.9. The third-order valence-electron chi connectivity index (χ3n) is 14.0. The largest absolute Gasteiger partial charge is 0.507 e. The Morgan fingerprint density at radius 3 is 0.430 bits per heavy atom. The zero-order valence-corrected chi connectivity index (χ0v) is 56.9. The molecule has 0 radical (unpaired) electrons. The maximum Gasteiger partial charge on any atom is 0.331 e. The van der Waals surface area contributed by atoms with Crippen molar-refractivity contribution in [1.82, 2.24) is 0 Å². The van der Waals surface area contributed by atoms with Crippen LogP contribution in [0, 0.1) is 0 Å². The van der Waals surface area contributed by atoms with E-state index in [0.29, 0.717) is 23.0 Å².